The summed E-state index contributed by atoms with van der Waals surface area (Å²) >= 11 is 1.63. The van der Waals surface area contributed by atoms with Gasteiger partial charge in [0.15, 0.2) is 0 Å². The van der Waals surface area contributed by atoms with Crippen molar-refractivity contribution >= 4 is 23.6 Å². The normalized spacial score (nSPS) is 19.0. The summed E-state index contributed by atoms with van der Waals surface area (Å²) in [6.45, 7) is 5.45. The minimum atomic E-state index is -0.825. The Kier molecular flexibility index (Phi) is 8.76. The number of hydrogen-bond acceptors (Lipinski definition) is 4. The third-order valence-electron chi connectivity index (χ3n) is 3.88. The SMILES string of the molecule is CCCCSC(C)C(=O)NCC(C(=O)O)C1CCOCC1. The van der Waals surface area contributed by atoms with Crippen LogP contribution in [-0.2, 0) is 14.3 Å². The van der Waals surface area contributed by atoms with Gasteiger partial charge in [0.25, 0.3) is 0 Å². The monoisotopic (exact) mass is 317 g/mol. The topological polar surface area (TPSA) is 75.6 Å². The Morgan fingerprint density at radius 2 is 2.05 bits per heavy atom. The summed E-state index contributed by atoms with van der Waals surface area (Å²) in [4.78, 5) is 23.4. The molecule has 1 aliphatic heterocycles. The van der Waals surface area contributed by atoms with Crippen molar-refractivity contribution in [2.75, 3.05) is 25.5 Å². The van der Waals surface area contributed by atoms with Crippen molar-refractivity contribution < 1.29 is 19.4 Å². The third-order valence-corrected chi connectivity index (χ3v) is 5.12. The molecule has 122 valence electrons. The Labute approximate surface area is 131 Å². The maximum Gasteiger partial charge on any atom is 0.308 e. The number of carboxylic acids is 1. The van der Waals surface area contributed by atoms with E-state index in [4.69, 9.17) is 4.74 Å². The average Bonchev–Trinajstić information content (AvgIpc) is 2.48. The lowest BCUT2D eigenvalue weighted by atomic mass is 9.86. The Balaban J connectivity index is 2.38. The van der Waals surface area contributed by atoms with Crippen LogP contribution in [0.3, 0.4) is 0 Å². The van der Waals surface area contributed by atoms with Crippen molar-refractivity contribution in [3.8, 4) is 0 Å². The van der Waals surface area contributed by atoms with Crippen molar-refractivity contribution in [3.05, 3.63) is 0 Å². The highest BCUT2D eigenvalue weighted by Crippen LogP contribution is 2.24. The van der Waals surface area contributed by atoms with Crippen LogP contribution in [0.1, 0.15) is 39.5 Å². The number of carboxylic acid groups (broad SMARTS) is 1. The number of carbonyl (C=O) groups excluding carboxylic acids is 1. The van der Waals surface area contributed by atoms with Crippen LogP contribution in [0.25, 0.3) is 0 Å². The molecule has 1 heterocycles. The lowest BCUT2D eigenvalue weighted by Crippen LogP contribution is -2.41. The molecule has 0 aliphatic carbocycles. The molecule has 5 nitrogen and oxygen atoms in total. The minimum Gasteiger partial charge on any atom is -0.481 e. The molecule has 2 N–H and O–H groups in total. The molecule has 1 fully saturated rings. The fraction of sp³-hybridized carbons (Fsp3) is 0.867. The highest BCUT2D eigenvalue weighted by molar-refractivity contribution is 8.00. The van der Waals surface area contributed by atoms with Crippen molar-refractivity contribution in [1.29, 1.82) is 0 Å². The van der Waals surface area contributed by atoms with E-state index in [2.05, 4.69) is 12.2 Å². The smallest absolute Gasteiger partial charge is 0.308 e. The average molecular weight is 317 g/mol. The zero-order valence-corrected chi connectivity index (χ0v) is 13.8. The van der Waals surface area contributed by atoms with Gasteiger partial charge in [-0.3, -0.25) is 9.59 Å². The van der Waals surface area contributed by atoms with Gasteiger partial charge >= 0.3 is 5.97 Å². The molecular weight excluding hydrogens is 290 g/mol. The largest absolute Gasteiger partial charge is 0.481 e. The zero-order valence-electron chi connectivity index (χ0n) is 13.0. The first kappa shape index (κ1) is 18.3. The van der Waals surface area contributed by atoms with E-state index in [-0.39, 0.29) is 23.6 Å². The Morgan fingerprint density at radius 3 is 2.62 bits per heavy atom. The molecule has 0 aromatic heterocycles. The first-order valence-electron chi connectivity index (χ1n) is 7.76. The first-order chi connectivity index (χ1) is 10.1. The fourth-order valence-corrected chi connectivity index (χ4v) is 3.45. The second kappa shape index (κ2) is 10.1. The second-order valence-corrected chi connectivity index (χ2v) is 6.95. The summed E-state index contributed by atoms with van der Waals surface area (Å²) in [6, 6.07) is 0. The van der Waals surface area contributed by atoms with Crippen LogP contribution in [0.5, 0.6) is 0 Å². The van der Waals surface area contributed by atoms with Crippen molar-refractivity contribution in [2.24, 2.45) is 11.8 Å². The molecule has 1 aliphatic rings. The number of nitrogens with one attached hydrogen (secondary N) is 1. The van der Waals surface area contributed by atoms with Crippen molar-refractivity contribution in [2.45, 2.75) is 44.8 Å². The standard InChI is InChI=1S/C15H27NO4S/c1-3-4-9-21-11(2)14(17)16-10-13(15(18)19)12-5-7-20-8-6-12/h11-13H,3-10H2,1-2H3,(H,16,17)(H,18,19). The van der Waals surface area contributed by atoms with Gasteiger partial charge in [0.05, 0.1) is 11.2 Å². The van der Waals surface area contributed by atoms with E-state index < -0.39 is 11.9 Å². The molecular formula is C15H27NO4S. The molecule has 1 rings (SSSR count). The zero-order chi connectivity index (χ0) is 15.7. The predicted molar refractivity (Wildman–Crippen MR) is 84.5 cm³/mol. The summed E-state index contributed by atoms with van der Waals surface area (Å²) < 4.78 is 5.26. The number of carbonyl (C=O) groups is 2. The molecule has 0 aromatic carbocycles. The van der Waals surface area contributed by atoms with E-state index in [1.165, 1.54) is 0 Å². The number of aliphatic carboxylic acids is 1. The highest BCUT2D eigenvalue weighted by atomic mass is 32.2. The van der Waals surface area contributed by atoms with E-state index >= 15 is 0 Å². The molecule has 2 unspecified atom stereocenters. The Morgan fingerprint density at radius 1 is 1.38 bits per heavy atom. The maximum absolute atomic E-state index is 12.0. The first-order valence-corrected chi connectivity index (χ1v) is 8.81. The second-order valence-electron chi connectivity index (χ2n) is 5.51. The highest BCUT2D eigenvalue weighted by Gasteiger charge is 2.30. The molecule has 0 aromatic rings. The molecule has 0 saturated carbocycles. The number of amides is 1. The van der Waals surface area contributed by atoms with E-state index in [0.717, 1.165) is 31.4 Å². The number of ether oxygens (including phenoxy) is 1. The molecule has 2 atom stereocenters. The fourth-order valence-electron chi connectivity index (χ4n) is 2.41. The lowest BCUT2D eigenvalue weighted by molar-refractivity contribution is -0.144. The molecule has 0 spiro atoms. The molecule has 6 heteroatoms. The van der Waals surface area contributed by atoms with Gasteiger partial charge in [-0.2, -0.15) is 0 Å². The number of hydrogen-bond donors (Lipinski definition) is 2. The molecule has 0 radical (unpaired) electrons. The minimum absolute atomic E-state index is 0.0607. The van der Waals surface area contributed by atoms with Gasteiger partial charge in [-0.15, -0.1) is 11.8 Å². The molecule has 1 amide bonds. The van der Waals surface area contributed by atoms with Gasteiger partial charge < -0.3 is 15.2 Å². The van der Waals surface area contributed by atoms with Crippen LogP contribution in [0, 0.1) is 11.8 Å². The molecule has 1 saturated heterocycles. The van der Waals surface area contributed by atoms with E-state index in [9.17, 15) is 14.7 Å². The van der Waals surface area contributed by atoms with Gasteiger partial charge in [-0.25, -0.2) is 0 Å². The van der Waals surface area contributed by atoms with E-state index in [0.29, 0.717) is 13.2 Å². The van der Waals surface area contributed by atoms with E-state index in [1.807, 2.05) is 6.92 Å². The van der Waals surface area contributed by atoms with Crippen molar-refractivity contribution in [3.63, 3.8) is 0 Å². The summed E-state index contributed by atoms with van der Waals surface area (Å²) in [5.41, 5.74) is 0. The van der Waals surface area contributed by atoms with Crippen LogP contribution in [-0.4, -0.2) is 47.7 Å². The van der Waals surface area contributed by atoms with Crippen LogP contribution in [0.2, 0.25) is 0 Å². The van der Waals surface area contributed by atoms with Gasteiger partial charge in [0.1, 0.15) is 0 Å². The van der Waals surface area contributed by atoms with Crippen LogP contribution in [0.15, 0.2) is 0 Å². The molecule has 21 heavy (non-hydrogen) atoms. The van der Waals surface area contributed by atoms with E-state index in [1.54, 1.807) is 11.8 Å². The number of unbranched alkanes of at least 4 members (excludes halogenated alkanes) is 1. The number of rotatable bonds is 9. The summed E-state index contributed by atoms with van der Waals surface area (Å²) in [7, 11) is 0. The summed E-state index contributed by atoms with van der Waals surface area (Å²) in [6.07, 6.45) is 3.73. The predicted octanol–water partition coefficient (Wildman–Crippen LogP) is 2.15. The quantitative estimate of drug-likeness (QED) is 0.637. The van der Waals surface area contributed by atoms with Crippen LogP contribution in [0.4, 0.5) is 0 Å². The van der Waals surface area contributed by atoms with Crippen LogP contribution >= 0.6 is 11.8 Å². The van der Waals surface area contributed by atoms with Gasteiger partial charge in [-0.05, 0) is 37.9 Å². The third kappa shape index (κ3) is 6.70. The Hall–Kier alpha value is -0.750. The summed E-state index contributed by atoms with van der Waals surface area (Å²) in [5.74, 6) is -0.332. The van der Waals surface area contributed by atoms with Gasteiger partial charge in [0, 0.05) is 19.8 Å². The number of thioether (sulfide) groups is 1. The van der Waals surface area contributed by atoms with Crippen molar-refractivity contribution in [1.82, 2.24) is 5.32 Å². The summed E-state index contributed by atoms with van der Waals surface area (Å²) in [5, 5.41) is 12.0. The van der Waals surface area contributed by atoms with Crippen LogP contribution < -0.4 is 5.32 Å². The van der Waals surface area contributed by atoms with Gasteiger partial charge in [0.2, 0.25) is 5.91 Å². The lowest BCUT2D eigenvalue weighted by Gasteiger charge is -2.28. The van der Waals surface area contributed by atoms with Gasteiger partial charge in [-0.1, -0.05) is 13.3 Å². The molecule has 0 bridgehead atoms. The Bertz CT molecular complexity index is 332. The maximum atomic E-state index is 12.0.